The Labute approximate surface area is 87.2 Å². The van der Waals surface area contributed by atoms with Crippen LogP contribution in [0.4, 0.5) is 12.3 Å². The molecule has 0 fully saturated rings. The normalized spacial score (nSPS) is 11.7. The van der Waals surface area contributed by atoms with Gasteiger partial charge < -0.3 is 0 Å². The SMILES string of the molecule is F[Si](F)(F)CCc1ccccc1CCl. The van der Waals surface area contributed by atoms with Gasteiger partial charge in [-0.2, -0.15) is 0 Å². The lowest BCUT2D eigenvalue weighted by molar-refractivity contribution is 0.467. The highest BCUT2D eigenvalue weighted by atomic mass is 35.5. The van der Waals surface area contributed by atoms with Crippen LogP contribution in [0.15, 0.2) is 24.3 Å². The van der Waals surface area contributed by atoms with Crippen molar-refractivity contribution in [2.24, 2.45) is 0 Å². The second-order valence-corrected chi connectivity index (χ2v) is 5.02. The van der Waals surface area contributed by atoms with Crippen molar-refractivity contribution in [2.45, 2.75) is 18.3 Å². The van der Waals surface area contributed by atoms with Crippen LogP contribution in [0, 0.1) is 0 Å². The molecule has 0 atom stereocenters. The van der Waals surface area contributed by atoms with E-state index in [1.807, 2.05) is 0 Å². The molecule has 0 amide bonds. The number of rotatable bonds is 4. The van der Waals surface area contributed by atoms with E-state index in [4.69, 9.17) is 11.6 Å². The van der Waals surface area contributed by atoms with E-state index in [1.165, 1.54) is 0 Å². The minimum absolute atomic E-state index is 0.0681. The molecule has 0 N–H and O–H groups in total. The van der Waals surface area contributed by atoms with Gasteiger partial charge in [0, 0.05) is 11.9 Å². The van der Waals surface area contributed by atoms with Crippen molar-refractivity contribution in [3.8, 4) is 0 Å². The number of aryl methyl sites for hydroxylation is 1. The van der Waals surface area contributed by atoms with Crippen molar-refractivity contribution >= 4 is 20.7 Å². The first-order chi connectivity index (χ1) is 6.53. The zero-order valence-electron chi connectivity index (χ0n) is 7.44. The summed E-state index contributed by atoms with van der Waals surface area (Å²) in [6.07, 6.45) is 0.0681. The van der Waals surface area contributed by atoms with E-state index >= 15 is 0 Å². The lowest BCUT2D eigenvalue weighted by atomic mass is 10.1. The molecule has 0 unspecified atom stereocenters. The molecule has 0 aliphatic rings. The van der Waals surface area contributed by atoms with Gasteiger partial charge in [0.05, 0.1) is 0 Å². The van der Waals surface area contributed by atoms with Crippen molar-refractivity contribution in [3.63, 3.8) is 0 Å². The highest BCUT2D eigenvalue weighted by molar-refractivity contribution is 6.58. The molecule has 0 radical (unpaired) electrons. The predicted molar refractivity (Wildman–Crippen MR) is 53.6 cm³/mol. The molecule has 0 spiro atoms. The Balaban J connectivity index is 2.67. The summed E-state index contributed by atoms with van der Waals surface area (Å²) >= 11 is 5.61. The van der Waals surface area contributed by atoms with E-state index < -0.39 is 15.1 Å². The zero-order chi connectivity index (χ0) is 10.6. The van der Waals surface area contributed by atoms with E-state index in [0.717, 1.165) is 5.56 Å². The molecule has 0 bridgehead atoms. The van der Waals surface area contributed by atoms with Crippen LogP contribution in [0.3, 0.4) is 0 Å². The first-order valence-corrected chi connectivity index (χ1v) is 6.60. The third-order valence-electron chi connectivity index (χ3n) is 1.94. The first-order valence-electron chi connectivity index (χ1n) is 4.22. The second-order valence-electron chi connectivity index (χ2n) is 3.02. The summed E-state index contributed by atoms with van der Waals surface area (Å²) in [5.41, 5.74) is 1.51. The Morgan fingerprint density at radius 1 is 1.07 bits per heavy atom. The summed E-state index contributed by atoms with van der Waals surface area (Å²) in [5.74, 6) is 0.273. The average Bonchev–Trinajstić information content (AvgIpc) is 2.14. The summed E-state index contributed by atoms with van der Waals surface area (Å²) in [4.78, 5) is 0. The van der Waals surface area contributed by atoms with Crippen LogP contribution in [0.5, 0.6) is 0 Å². The van der Waals surface area contributed by atoms with Crippen molar-refractivity contribution in [2.75, 3.05) is 0 Å². The average molecular weight is 239 g/mol. The fourth-order valence-electron chi connectivity index (χ4n) is 1.21. The highest BCUT2D eigenvalue weighted by Crippen LogP contribution is 2.20. The van der Waals surface area contributed by atoms with Gasteiger partial charge in [0.15, 0.2) is 0 Å². The lowest BCUT2D eigenvalue weighted by Gasteiger charge is -2.06. The monoisotopic (exact) mass is 238 g/mol. The Hall–Kier alpha value is -0.483. The van der Waals surface area contributed by atoms with Gasteiger partial charge in [-0.25, -0.2) is 12.3 Å². The van der Waals surface area contributed by atoms with Gasteiger partial charge in [-0.15, -0.1) is 11.6 Å². The molecule has 1 rings (SSSR count). The van der Waals surface area contributed by atoms with Gasteiger partial charge in [-0.3, -0.25) is 0 Å². The number of halogens is 4. The molecular formula is C9H10ClF3Si. The minimum Gasteiger partial charge on any atom is -0.238 e. The molecule has 1 aromatic rings. The van der Waals surface area contributed by atoms with Gasteiger partial charge in [0.1, 0.15) is 0 Å². The van der Waals surface area contributed by atoms with Crippen LogP contribution in [0.2, 0.25) is 6.04 Å². The van der Waals surface area contributed by atoms with Crippen LogP contribution >= 0.6 is 11.6 Å². The summed E-state index contributed by atoms with van der Waals surface area (Å²) in [5, 5.41) is 0. The molecule has 78 valence electrons. The molecular weight excluding hydrogens is 229 g/mol. The van der Waals surface area contributed by atoms with Crippen molar-refractivity contribution < 1.29 is 12.3 Å². The molecule has 0 aromatic heterocycles. The first kappa shape index (κ1) is 11.6. The summed E-state index contributed by atoms with van der Waals surface area (Å²) in [6.45, 7) is 0. The van der Waals surface area contributed by atoms with Crippen LogP contribution < -0.4 is 0 Å². The van der Waals surface area contributed by atoms with Gasteiger partial charge in [-0.05, 0) is 17.5 Å². The quantitative estimate of drug-likeness (QED) is 0.425. The Morgan fingerprint density at radius 2 is 1.64 bits per heavy atom. The van der Waals surface area contributed by atoms with Crippen molar-refractivity contribution in [1.82, 2.24) is 0 Å². The minimum atomic E-state index is -5.42. The lowest BCUT2D eigenvalue weighted by Crippen LogP contribution is -2.15. The molecule has 0 aliphatic heterocycles. The van der Waals surface area contributed by atoms with Crippen molar-refractivity contribution in [1.29, 1.82) is 0 Å². The predicted octanol–water partition coefficient (Wildman–Crippen LogP) is 3.82. The zero-order valence-corrected chi connectivity index (χ0v) is 9.20. The second kappa shape index (κ2) is 4.84. The third-order valence-corrected chi connectivity index (χ3v) is 3.05. The molecule has 0 saturated heterocycles. The molecule has 0 heterocycles. The maximum atomic E-state index is 12.1. The number of benzene rings is 1. The van der Waals surface area contributed by atoms with Crippen LogP contribution in [-0.2, 0) is 12.3 Å². The van der Waals surface area contributed by atoms with E-state index in [0.29, 0.717) is 5.56 Å². The standard InChI is InChI=1S/C9H10ClF3Si/c10-7-9-4-2-1-3-8(9)5-6-14(11,12)13/h1-4H,5-7H2. The smallest absolute Gasteiger partial charge is 0.238 e. The Morgan fingerprint density at radius 3 is 2.14 bits per heavy atom. The Bertz CT molecular complexity index is 298. The molecule has 0 nitrogen and oxygen atoms in total. The van der Waals surface area contributed by atoms with Crippen molar-refractivity contribution in [3.05, 3.63) is 35.4 Å². The number of alkyl halides is 1. The molecule has 0 saturated carbocycles. The maximum absolute atomic E-state index is 12.1. The van der Waals surface area contributed by atoms with Gasteiger partial charge in [0.25, 0.3) is 0 Å². The van der Waals surface area contributed by atoms with E-state index in [2.05, 4.69) is 0 Å². The van der Waals surface area contributed by atoms with Gasteiger partial charge >= 0.3 is 9.08 Å². The van der Waals surface area contributed by atoms with Crippen LogP contribution in [0.25, 0.3) is 0 Å². The van der Waals surface area contributed by atoms with Crippen LogP contribution in [-0.4, -0.2) is 9.08 Å². The number of hydrogen-bond acceptors (Lipinski definition) is 0. The van der Waals surface area contributed by atoms with Gasteiger partial charge in [-0.1, -0.05) is 24.3 Å². The molecule has 1 aromatic carbocycles. The maximum Gasteiger partial charge on any atom is 0.616 e. The highest BCUT2D eigenvalue weighted by Gasteiger charge is 2.35. The third kappa shape index (κ3) is 3.72. The largest absolute Gasteiger partial charge is 0.616 e. The van der Waals surface area contributed by atoms with E-state index in [9.17, 15) is 12.3 Å². The molecule has 14 heavy (non-hydrogen) atoms. The topological polar surface area (TPSA) is 0 Å². The Kier molecular flexibility index (Phi) is 4.01. The van der Waals surface area contributed by atoms with Gasteiger partial charge in [0.2, 0.25) is 0 Å². The molecule has 0 aliphatic carbocycles. The summed E-state index contributed by atoms with van der Waals surface area (Å²) in [7, 11) is -5.42. The fraction of sp³-hybridized carbons (Fsp3) is 0.333. The summed E-state index contributed by atoms with van der Waals surface area (Å²) in [6, 6.07) is 6.34. The fourth-order valence-corrected chi connectivity index (χ4v) is 2.02. The molecule has 5 heteroatoms. The van der Waals surface area contributed by atoms with E-state index in [-0.39, 0.29) is 12.3 Å². The summed E-state index contributed by atoms with van der Waals surface area (Å²) < 4.78 is 36.2. The van der Waals surface area contributed by atoms with E-state index in [1.54, 1.807) is 24.3 Å². The van der Waals surface area contributed by atoms with Crippen LogP contribution in [0.1, 0.15) is 11.1 Å². The number of hydrogen-bond donors (Lipinski definition) is 0.